The van der Waals surface area contributed by atoms with Gasteiger partial charge < -0.3 is 10.1 Å². The van der Waals surface area contributed by atoms with Crippen molar-refractivity contribution in [3.63, 3.8) is 0 Å². The minimum atomic E-state index is -4.16. The summed E-state index contributed by atoms with van der Waals surface area (Å²) in [6, 6.07) is 13.6. The zero-order chi connectivity index (χ0) is 26.8. The van der Waals surface area contributed by atoms with E-state index in [2.05, 4.69) is 10.3 Å². The fourth-order valence-electron chi connectivity index (χ4n) is 3.13. The molecule has 3 rings (SSSR count). The lowest BCUT2D eigenvalue weighted by Gasteiger charge is -2.09. The van der Waals surface area contributed by atoms with Crippen LogP contribution < -0.4 is 10.0 Å². The smallest absolute Gasteiger partial charge is 0.356 e. The molecule has 3 aromatic rings. The van der Waals surface area contributed by atoms with Gasteiger partial charge in [0.2, 0.25) is 0 Å². The molecule has 194 valence electrons. The van der Waals surface area contributed by atoms with Crippen LogP contribution in [-0.4, -0.2) is 44.3 Å². The van der Waals surface area contributed by atoms with Gasteiger partial charge >= 0.3 is 5.97 Å². The number of rotatable bonds is 11. The highest BCUT2D eigenvalue weighted by Crippen LogP contribution is 2.12. The van der Waals surface area contributed by atoms with E-state index in [0.717, 1.165) is 24.6 Å². The monoisotopic (exact) mass is 527 g/mol. The van der Waals surface area contributed by atoms with E-state index < -0.39 is 27.7 Å². The van der Waals surface area contributed by atoms with Crippen molar-refractivity contribution in [1.29, 1.82) is 0 Å². The average Bonchev–Trinajstić information content (AvgIpc) is 2.89. The lowest BCUT2D eigenvalue weighted by Crippen LogP contribution is -2.30. The van der Waals surface area contributed by atoms with Gasteiger partial charge in [-0.2, -0.15) is 0 Å². The molecule has 9 nitrogen and oxygen atoms in total. The molecule has 0 aliphatic carbocycles. The van der Waals surface area contributed by atoms with Crippen LogP contribution in [0.15, 0.2) is 71.8 Å². The molecule has 0 spiro atoms. The number of unbranched alkanes of at least 4 members (excludes halogenated alkanes) is 1. The van der Waals surface area contributed by atoms with Crippen LogP contribution in [0, 0.1) is 5.82 Å². The number of nitrogens with one attached hydrogen (secondary N) is 2. The number of ether oxygens (including phenoxy) is 1. The highest BCUT2D eigenvalue weighted by molar-refractivity contribution is 7.90. The lowest BCUT2D eigenvalue weighted by atomic mass is 10.1. The van der Waals surface area contributed by atoms with Crippen molar-refractivity contribution in [3.05, 3.63) is 95.1 Å². The minimum Gasteiger partial charge on any atom is -0.461 e. The number of sulfonamides is 1. The number of amides is 2. The largest absolute Gasteiger partial charge is 0.461 e. The van der Waals surface area contributed by atoms with E-state index in [9.17, 15) is 27.2 Å². The molecule has 0 aliphatic heterocycles. The summed E-state index contributed by atoms with van der Waals surface area (Å²) in [5.41, 5.74) is 1.06. The molecule has 2 amide bonds. The molecule has 0 saturated heterocycles. The number of carbonyl (C=O) groups excluding carboxylic acids is 3. The first kappa shape index (κ1) is 27.5. The average molecular weight is 528 g/mol. The first-order valence-corrected chi connectivity index (χ1v) is 13.0. The molecule has 0 unspecified atom stereocenters. The van der Waals surface area contributed by atoms with Gasteiger partial charge in [-0.05, 0) is 66.9 Å². The molecule has 0 atom stereocenters. The van der Waals surface area contributed by atoms with E-state index in [4.69, 9.17) is 4.74 Å². The van der Waals surface area contributed by atoms with Crippen molar-refractivity contribution in [2.75, 3.05) is 13.2 Å². The third kappa shape index (κ3) is 7.94. The van der Waals surface area contributed by atoms with E-state index >= 15 is 0 Å². The number of carbonyl (C=O) groups is 3. The predicted octanol–water partition coefficient (Wildman–Crippen LogP) is 3.27. The number of hydrogen-bond donors (Lipinski definition) is 2. The van der Waals surface area contributed by atoms with Crippen molar-refractivity contribution in [2.24, 2.45) is 0 Å². The summed E-state index contributed by atoms with van der Waals surface area (Å²) >= 11 is 0. The number of esters is 1. The molecule has 2 N–H and O–H groups in total. The van der Waals surface area contributed by atoms with Crippen molar-refractivity contribution >= 4 is 27.8 Å². The summed E-state index contributed by atoms with van der Waals surface area (Å²) in [5.74, 6) is -2.30. The molecule has 0 radical (unpaired) electrons. The van der Waals surface area contributed by atoms with Crippen LogP contribution in [-0.2, 0) is 21.2 Å². The normalized spacial score (nSPS) is 11.0. The number of benzene rings is 2. The third-order valence-electron chi connectivity index (χ3n) is 5.23. The fraction of sp³-hybridized carbons (Fsp3) is 0.231. The van der Waals surface area contributed by atoms with Crippen LogP contribution in [0.1, 0.15) is 56.5 Å². The molecule has 0 fully saturated rings. The highest BCUT2D eigenvalue weighted by atomic mass is 32.2. The standard InChI is InChI=1S/C26H26FN3O6S/c1-2-3-16-36-26(33)23-13-8-20(17-29-23)25(32)30-37(34,35)22-11-4-18(5-12-22)14-15-28-24(31)19-6-9-21(27)10-7-19/h4-13,17H,2-3,14-16H2,1H3,(H,28,31)(H,30,32). The van der Waals surface area contributed by atoms with E-state index in [-0.39, 0.29) is 35.2 Å². The first-order valence-electron chi connectivity index (χ1n) is 11.5. The summed E-state index contributed by atoms with van der Waals surface area (Å²) in [6.07, 6.45) is 3.12. The van der Waals surface area contributed by atoms with Crippen molar-refractivity contribution in [2.45, 2.75) is 31.1 Å². The number of aromatic nitrogens is 1. The van der Waals surface area contributed by atoms with Gasteiger partial charge in [0.1, 0.15) is 11.5 Å². The first-order chi connectivity index (χ1) is 17.7. The second-order valence-corrected chi connectivity index (χ2v) is 9.70. The molecule has 1 aromatic heterocycles. The minimum absolute atomic E-state index is 0.0138. The van der Waals surface area contributed by atoms with Gasteiger partial charge in [-0.25, -0.2) is 27.3 Å². The Morgan fingerprint density at radius 3 is 2.22 bits per heavy atom. The van der Waals surface area contributed by atoms with Gasteiger partial charge in [0.05, 0.1) is 17.1 Å². The molecule has 11 heteroatoms. The lowest BCUT2D eigenvalue weighted by molar-refractivity contribution is 0.0492. The number of halogens is 1. The number of pyridine rings is 1. The number of nitrogens with zero attached hydrogens (tertiary/aromatic N) is 1. The van der Waals surface area contributed by atoms with Crippen LogP contribution in [0.25, 0.3) is 0 Å². The van der Waals surface area contributed by atoms with Crippen molar-refractivity contribution < 1.29 is 31.9 Å². The van der Waals surface area contributed by atoms with E-state index in [1.807, 2.05) is 11.6 Å². The molecule has 0 saturated carbocycles. The Labute approximate surface area is 214 Å². The van der Waals surface area contributed by atoms with Gasteiger partial charge in [-0.15, -0.1) is 0 Å². The van der Waals surface area contributed by atoms with Crippen molar-refractivity contribution in [3.8, 4) is 0 Å². The van der Waals surface area contributed by atoms with Crippen molar-refractivity contribution in [1.82, 2.24) is 15.0 Å². The Hall–Kier alpha value is -4.12. The molecule has 1 heterocycles. The predicted molar refractivity (Wildman–Crippen MR) is 133 cm³/mol. The SMILES string of the molecule is CCCCOC(=O)c1ccc(C(=O)NS(=O)(=O)c2ccc(CCNC(=O)c3ccc(F)cc3)cc2)cn1. The summed E-state index contributed by atoms with van der Waals surface area (Å²) < 4.78 is 45.2. The van der Waals surface area contributed by atoms with E-state index in [0.29, 0.717) is 12.0 Å². The Bertz CT molecular complexity index is 1340. The quantitative estimate of drug-likeness (QED) is 0.289. The molecule has 2 aromatic carbocycles. The van der Waals surface area contributed by atoms with E-state index in [1.54, 1.807) is 12.1 Å². The molecule has 0 bridgehead atoms. The number of hydrogen-bond acceptors (Lipinski definition) is 7. The fourth-order valence-corrected chi connectivity index (χ4v) is 4.11. The second-order valence-electron chi connectivity index (χ2n) is 8.01. The highest BCUT2D eigenvalue weighted by Gasteiger charge is 2.20. The Morgan fingerprint density at radius 1 is 0.919 bits per heavy atom. The Kier molecular flexibility index (Phi) is 9.45. The van der Waals surface area contributed by atoms with Crippen LogP contribution in [0.3, 0.4) is 0 Å². The maximum absolute atomic E-state index is 13.0. The van der Waals surface area contributed by atoms with Gasteiger partial charge in [0, 0.05) is 18.3 Å². The maximum Gasteiger partial charge on any atom is 0.356 e. The maximum atomic E-state index is 13.0. The van der Waals surface area contributed by atoms with Crippen LogP contribution >= 0.6 is 0 Å². The van der Waals surface area contributed by atoms with Crippen LogP contribution in [0.2, 0.25) is 0 Å². The van der Waals surface area contributed by atoms with Gasteiger partial charge in [-0.1, -0.05) is 25.5 Å². The molecular formula is C26H26FN3O6S. The zero-order valence-corrected chi connectivity index (χ0v) is 20.9. The molecule has 37 heavy (non-hydrogen) atoms. The second kappa shape index (κ2) is 12.7. The summed E-state index contributed by atoms with van der Waals surface area (Å²) in [5, 5.41) is 2.71. The Morgan fingerprint density at radius 2 is 1.59 bits per heavy atom. The third-order valence-corrected chi connectivity index (χ3v) is 6.58. The zero-order valence-electron chi connectivity index (χ0n) is 20.1. The van der Waals surface area contributed by atoms with Crippen LogP contribution in [0.4, 0.5) is 4.39 Å². The molecule has 0 aliphatic rings. The molecular weight excluding hydrogens is 501 g/mol. The van der Waals surface area contributed by atoms with Gasteiger partial charge in [-0.3, -0.25) is 9.59 Å². The van der Waals surface area contributed by atoms with Crippen LogP contribution in [0.5, 0.6) is 0 Å². The summed E-state index contributed by atoms with van der Waals surface area (Å²) in [6.45, 7) is 2.51. The topological polar surface area (TPSA) is 132 Å². The van der Waals surface area contributed by atoms with E-state index in [1.165, 1.54) is 48.5 Å². The van der Waals surface area contributed by atoms with Gasteiger partial charge in [0.15, 0.2) is 0 Å². The summed E-state index contributed by atoms with van der Waals surface area (Å²) in [7, 11) is -4.16. The summed E-state index contributed by atoms with van der Waals surface area (Å²) in [4.78, 5) is 40.2. The Balaban J connectivity index is 1.53. The van der Waals surface area contributed by atoms with Gasteiger partial charge in [0.25, 0.3) is 21.8 Å².